The van der Waals surface area contributed by atoms with E-state index < -0.39 is 9.83 Å². The number of hydrogen-bond donors (Lipinski definition) is 0. The minimum Gasteiger partial charge on any atom is -0.280 e. The van der Waals surface area contributed by atoms with Crippen molar-refractivity contribution in [1.29, 1.82) is 0 Å². The molecule has 74 valence electrons. The van der Waals surface area contributed by atoms with Crippen LogP contribution in [0.15, 0.2) is 41.3 Å². The number of carbonyl (C=O) groups is 1. The van der Waals surface area contributed by atoms with Gasteiger partial charge in [-0.1, -0.05) is 30.3 Å². The third-order valence-corrected chi connectivity index (χ3v) is 5.12. The van der Waals surface area contributed by atoms with Crippen molar-refractivity contribution in [3.63, 3.8) is 0 Å². The molecule has 1 aliphatic heterocycles. The fourth-order valence-corrected chi connectivity index (χ4v) is 4.46. The van der Waals surface area contributed by atoms with E-state index in [-0.39, 0.29) is 5.12 Å². The Morgan fingerprint density at radius 1 is 1.07 bits per heavy atom. The van der Waals surface area contributed by atoms with Crippen LogP contribution in [0.1, 0.15) is 10.4 Å². The molecular formula is C11H6O2S2. The molecule has 0 fully saturated rings. The first-order valence-electron chi connectivity index (χ1n) is 4.43. The van der Waals surface area contributed by atoms with E-state index in [1.165, 1.54) is 0 Å². The van der Waals surface area contributed by atoms with Crippen molar-refractivity contribution in [3.8, 4) is 0 Å². The molecule has 15 heavy (non-hydrogen) atoms. The Labute approximate surface area is 92.5 Å². The van der Waals surface area contributed by atoms with Crippen LogP contribution in [0.3, 0.4) is 0 Å². The first-order valence-corrected chi connectivity index (χ1v) is 6.92. The van der Waals surface area contributed by atoms with Gasteiger partial charge >= 0.3 is 0 Å². The molecule has 1 atom stereocenters. The standard InChI is InChI=1S/C11H6O2S2/c12-11-9-6-5-7-3-1-2-4-8(7)10(9)15(13)14-11/h1-6H. The molecule has 2 aromatic carbocycles. The summed E-state index contributed by atoms with van der Waals surface area (Å²) < 4.78 is 11.7. The maximum absolute atomic E-state index is 11.7. The SMILES string of the molecule is O=C1SS(=O)c2c1ccc1ccccc21. The Hall–Kier alpha value is -1.13. The van der Waals surface area contributed by atoms with E-state index in [0.29, 0.717) is 10.5 Å². The van der Waals surface area contributed by atoms with Gasteiger partial charge in [-0.25, -0.2) is 4.21 Å². The van der Waals surface area contributed by atoms with Gasteiger partial charge in [0.2, 0.25) is 5.12 Å². The molecule has 0 N–H and O–H groups in total. The minimum absolute atomic E-state index is 0.0888. The molecule has 0 radical (unpaired) electrons. The molecule has 2 nitrogen and oxygen atoms in total. The quantitative estimate of drug-likeness (QED) is 0.657. The van der Waals surface area contributed by atoms with Gasteiger partial charge in [0.15, 0.2) is 0 Å². The Kier molecular flexibility index (Phi) is 1.94. The molecule has 3 rings (SSSR count). The van der Waals surface area contributed by atoms with E-state index in [9.17, 15) is 9.00 Å². The molecule has 0 saturated carbocycles. The molecule has 1 heterocycles. The number of rotatable bonds is 0. The number of benzene rings is 2. The summed E-state index contributed by atoms with van der Waals surface area (Å²) in [7, 11) is -0.338. The lowest BCUT2D eigenvalue weighted by Gasteiger charge is -2.01. The molecule has 1 aliphatic rings. The van der Waals surface area contributed by atoms with Gasteiger partial charge in [0.25, 0.3) is 0 Å². The highest BCUT2D eigenvalue weighted by atomic mass is 33.1. The van der Waals surface area contributed by atoms with Gasteiger partial charge in [-0.15, -0.1) is 0 Å². The highest BCUT2D eigenvalue weighted by Gasteiger charge is 2.29. The molecule has 0 spiro atoms. The van der Waals surface area contributed by atoms with Gasteiger partial charge in [0.05, 0.1) is 4.90 Å². The molecule has 1 unspecified atom stereocenters. The van der Waals surface area contributed by atoms with Crippen LogP contribution in [-0.2, 0) is 9.83 Å². The molecule has 4 heteroatoms. The Bertz CT molecular complexity index is 605. The zero-order valence-electron chi connectivity index (χ0n) is 7.60. The lowest BCUT2D eigenvalue weighted by molar-refractivity contribution is 0.108. The summed E-state index contributed by atoms with van der Waals surface area (Å²) in [4.78, 5) is 12.2. The zero-order valence-corrected chi connectivity index (χ0v) is 9.23. The number of hydrogen-bond acceptors (Lipinski definition) is 3. The van der Waals surface area contributed by atoms with Crippen LogP contribution in [0, 0.1) is 0 Å². The summed E-state index contributed by atoms with van der Waals surface area (Å²) in [5.41, 5.74) is 0.594. The van der Waals surface area contributed by atoms with E-state index in [1.807, 2.05) is 30.3 Å². The number of carbonyl (C=O) groups excluding carboxylic acids is 1. The maximum atomic E-state index is 11.7. The molecule has 0 amide bonds. The second-order valence-corrected chi connectivity index (χ2v) is 6.09. The third kappa shape index (κ3) is 1.25. The van der Waals surface area contributed by atoms with E-state index in [4.69, 9.17) is 0 Å². The Balaban J connectivity index is 2.49. The van der Waals surface area contributed by atoms with E-state index in [1.54, 1.807) is 6.07 Å². The van der Waals surface area contributed by atoms with Gasteiger partial charge in [-0.2, -0.15) is 0 Å². The third-order valence-electron chi connectivity index (χ3n) is 2.42. The molecule has 2 aromatic rings. The van der Waals surface area contributed by atoms with Gasteiger partial charge in [0.1, 0.15) is 9.83 Å². The van der Waals surface area contributed by atoms with E-state index in [2.05, 4.69) is 0 Å². The van der Waals surface area contributed by atoms with Crippen molar-refractivity contribution in [3.05, 3.63) is 42.0 Å². The summed E-state index contributed by atoms with van der Waals surface area (Å²) in [6.45, 7) is 0. The van der Waals surface area contributed by atoms with Crippen molar-refractivity contribution in [1.82, 2.24) is 0 Å². The summed E-state index contributed by atoms with van der Waals surface area (Å²) in [5, 5.41) is 1.86. The van der Waals surface area contributed by atoms with Gasteiger partial charge in [-0.05, 0) is 16.8 Å². The first kappa shape index (κ1) is 9.12. The van der Waals surface area contributed by atoms with Crippen molar-refractivity contribution in [2.24, 2.45) is 0 Å². The van der Waals surface area contributed by atoms with Crippen molar-refractivity contribution >= 4 is 36.5 Å². The van der Waals surface area contributed by atoms with Crippen molar-refractivity contribution < 1.29 is 9.00 Å². The Morgan fingerprint density at radius 2 is 1.87 bits per heavy atom. The van der Waals surface area contributed by atoms with Gasteiger partial charge in [-0.3, -0.25) is 4.79 Å². The minimum atomic E-state index is -1.24. The van der Waals surface area contributed by atoms with Crippen molar-refractivity contribution in [2.45, 2.75) is 4.90 Å². The molecule has 0 bridgehead atoms. The smallest absolute Gasteiger partial charge is 0.233 e. The monoisotopic (exact) mass is 234 g/mol. The second-order valence-electron chi connectivity index (χ2n) is 3.27. The largest absolute Gasteiger partial charge is 0.280 e. The van der Waals surface area contributed by atoms with Crippen LogP contribution in [0.2, 0.25) is 0 Å². The fraction of sp³-hybridized carbons (Fsp3) is 0. The molecule has 0 aromatic heterocycles. The predicted octanol–water partition coefficient (Wildman–Crippen LogP) is 2.75. The molecule has 0 aliphatic carbocycles. The molecular weight excluding hydrogens is 228 g/mol. The Morgan fingerprint density at radius 3 is 2.73 bits per heavy atom. The van der Waals surface area contributed by atoms with E-state index >= 15 is 0 Å². The molecule has 0 saturated heterocycles. The highest BCUT2D eigenvalue weighted by Crippen LogP contribution is 2.38. The van der Waals surface area contributed by atoms with E-state index in [0.717, 1.165) is 21.6 Å². The lowest BCUT2D eigenvalue weighted by atomic mass is 10.1. The summed E-state index contributed by atoms with van der Waals surface area (Å²) in [5.74, 6) is 0. The maximum Gasteiger partial charge on any atom is 0.233 e. The average molecular weight is 234 g/mol. The van der Waals surface area contributed by atoms with Crippen LogP contribution in [-0.4, -0.2) is 9.32 Å². The van der Waals surface area contributed by atoms with Crippen molar-refractivity contribution in [2.75, 3.05) is 0 Å². The van der Waals surface area contributed by atoms with Crippen LogP contribution < -0.4 is 0 Å². The zero-order chi connectivity index (χ0) is 10.4. The summed E-state index contributed by atoms with van der Waals surface area (Å²) in [6, 6.07) is 11.4. The fourth-order valence-electron chi connectivity index (χ4n) is 1.74. The normalized spacial score (nSPS) is 19.5. The average Bonchev–Trinajstić information content (AvgIpc) is 2.55. The summed E-state index contributed by atoms with van der Waals surface area (Å²) >= 11 is 0. The second kappa shape index (κ2) is 3.18. The van der Waals surface area contributed by atoms with Gasteiger partial charge < -0.3 is 0 Å². The van der Waals surface area contributed by atoms with Crippen LogP contribution in [0.5, 0.6) is 0 Å². The summed E-state index contributed by atoms with van der Waals surface area (Å²) in [6.07, 6.45) is 0. The van der Waals surface area contributed by atoms with Crippen LogP contribution >= 0.6 is 10.8 Å². The van der Waals surface area contributed by atoms with Crippen LogP contribution in [0.25, 0.3) is 10.8 Å². The van der Waals surface area contributed by atoms with Crippen LogP contribution in [0.4, 0.5) is 0 Å². The highest BCUT2D eigenvalue weighted by molar-refractivity contribution is 8.76. The predicted molar refractivity (Wildman–Crippen MR) is 62.3 cm³/mol. The lowest BCUT2D eigenvalue weighted by Crippen LogP contribution is -1.89. The van der Waals surface area contributed by atoms with Gasteiger partial charge in [0, 0.05) is 16.4 Å². The number of fused-ring (bicyclic) bond motifs is 3. The first-order chi connectivity index (χ1) is 7.27. The topological polar surface area (TPSA) is 34.1 Å².